The van der Waals surface area contributed by atoms with Crippen molar-refractivity contribution >= 4 is 39.9 Å². The van der Waals surface area contributed by atoms with E-state index in [1.165, 1.54) is 14.2 Å². The van der Waals surface area contributed by atoms with Crippen LogP contribution in [-0.2, 0) is 26.8 Å². The summed E-state index contributed by atoms with van der Waals surface area (Å²) in [7, 11) is 1.36. The van der Waals surface area contributed by atoms with Crippen molar-refractivity contribution in [2.45, 2.75) is 22.6 Å². The first-order chi connectivity index (χ1) is 16.4. The van der Waals surface area contributed by atoms with E-state index in [4.69, 9.17) is 21.1 Å². The minimum Gasteiger partial charge on any atom is -0.354 e. The maximum absolute atomic E-state index is 13.6. The number of carbonyl (C=O) groups excluding carboxylic acids is 2. The van der Waals surface area contributed by atoms with Crippen LogP contribution in [0.5, 0.6) is 0 Å². The van der Waals surface area contributed by atoms with Gasteiger partial charge in [0.2, 0.25) is 0 Å². The molecule has 176 valence electrons. The fourth-order valence-corrected chi connectivity index (χ4v) is 5.15. The fourth-order valence-electron chi connectivity index (χ4n) is 3.67. The van der Waals surface area contributed by atoms with Gasteiger partial charge in [0.05, 0.1) is 44.9 Å². The molecule has 1 aliphatic rings. The molecule has 1 heterocycles. The van der Waals surface area contributed by atoms with E-state index in [1.807, 2.05) is 12.1 Å². The summed E-state index contributed by atoms with van der Waals surface area (Å²) in [5.41, 5.74) is 1.94. The number of rotatable bonds is 7. The van der Waals surface area contributed by atoms with Gasteiger partial charge in [0, 0.05) is 24.8 Å². The summed E-state index contributed by atoms with van der Waals surface area (Å²) in [6.45, 7) is 0.364. The van der Waals surface area contributed by atoms with Crippen molar-refractivity contribution in [2.75, 3.05) is 25.7 Å². The Morgan fingerprint density at radius 3 is 2.44 bits per heavy atom. The van der Waals surface area contributed by atoms with Crippen molar-refractivity contribution in [3.63, 3.8) is 0 Å². The smallest absolute Gasteiger partial charge is 0.259 e. The van der Waals surface area contributed by atoms with Crippen LogP contribution >= 0.6 is 11.6 Å². The Kier molecular flexibility index (Phi) is 7.43. The maximum Gasteiger partial charge on any atom is 0.259 e. The monoisotopic (exact) mass is 498 g/mol. The summed E-state index contributed by atoms with van der Waals surface area (Å²) >= 11 is 6.02. The van der Waals surface area contributed by atoms with Gasteiger partial charge in [-0.05, 0) is 48.0 Å². The van der Waals surface area contributed by atoms with Crippen molar-refractivity contribution in [1.82, 2.24) is 5.32 Å². The molecule has 0 saturated heterocycles. The highest BCUT2D eigenvalue weighted by Crippen LogP contribution is 2.36. The van der Waals surface area contributed by atoms with Crippen molar-refractivity contribution in [2.24, 2.45) is 0 Å². The molecule has 34 heavy (non-hydrogen) atoms. The third kappa shape index (κ3) is 4.90. The first-order valence-electron chi connectivity index (χ1n) is 10.5. The molecule has 0 unspecified atom stereocenters. The fraction of sp³-hybridized carbons (Fsp3) is 0.200. The summed E-state index contributed by atoms with van der Waals surface area (Å²) in [6, 6.07) is 18.8. The van der Waals surface area contributed by atoms with Crippen LogP contribution < -0.4 is 10.2 Å². The Morgan fingerprint density at radius 1 is 1.03 bits per heavy atom. The standard InChI is InChI=1S/C25H23ClN2O5S/c1-32-23(33-2)14-27-24(29)17-9-12-22-20(13-17)28(15-16-7-10-18(26)11-8-16)25(30)19-5-3-4-6-21(19)34(22)31/h3-13,23H,14-15H2,1-2H3,(H,27,29)/t34-/m0/s1. The summed E-state index contributed by atoms with van der Waals surface area (Å²) in [6.07, 6.45) is -0.588. The Bertz CT molecular complexity index is 1240. The topological polar surface area (TPSA) is 84.9 Å². The average Bonchev–Trinajstić information content (AvgIpc) is 2.95. The van der Waals surface area contributed by atoms with Crippen molar-refractivity contribution < 1.29 is 23.3 Å². The molecule has 1 atom stereocenters. The van der Waals surface area contributed by atoms with Gasteiger partial charge in [-0.1, -0.05) is 35.9 Å². The number of hydrogen-bond donors (Lipinski definition) is 1. The lowest BCUT2D eigenvalue weighted by molar-refractivity contribution is -0.0974. The number of benzene rings is 3. The van der Waals surface area contributed by atoms with Crippen LogP contribution in [0.2, 0.25) is 5.02 Å². The van der Waals surface area contributed by atoms with Crippen LogP contribution in [0.3, 0.4) is 0 Å². The number of fused-ring (bicyclic) bond motifs is 2. The van der Waals surface area contributed by atoms with Crippen LogP contribution in [-0.4, -0.2) is 43.1 Å². The second-order valence-electron chi connectivity index (χ2n) is 7.58. The molecular formula is C25H23ClN2O5S. The highest BCUT2D eigenvalue weighted by molar-refractivity contribution is 7.85. The Hall–Kier alpha value is -3.04. The molecule has 4 rings (SSSR count). The normalized spacial score (nSPS) is 15.0. The molecule has 3 aromatic rings. The number of hydrogen-bond acceptors (Lipinski definition) is 5. The number of halogens is 1. The summed E-state index contributed by atoms with van der Waals surface area (Å²) in [4.78, 5) is 28.9. The first-order valence-corrected chi connectivity index (χ1v) is 12.0. The predicted octanol–water partition coefficient (Wildman–Crippen LogP) is 4.02. The zero-order valence-corrected chi connectivity index (χ0v) is 20.2. The second-order valence-corrected chi connectivity index (χ2v) is 9.43. The Morgan fingerprint density at radius 2 is 1.74 bits per heavy atom. The van der Waals surface area contributed by atoms with E-state index in [-0.39, 0.29) is 24.9 Å². The molecule has 0 radical (unpaired) electrons. The Balaban J connectivity index is 1.76. The molecule has 0 fully saturated rings. The molecule has 0 aliphatic carbocycles. The van der Waals surface area contributed by atoms with E-state index in [2.05, 4.69) is 5.32 Å². The van der Waals surface area contributed by atoms with Gasteiger partial charge >= 0.3 is 0 Å². The maximum atomic E-state index is 13.6. The molecule has 0 saturated carbocycles. The average molecular weight is 499 g/mol. The third-order valence-electron chi connectivity index (χ3n) is 5.48. The van der Waals surface area contributed by atoms with Gasteiger partial charge in [0.15, 0.2) is 6.29 Å². The van der Waals surface area contributed by atoms with Gasteiger partial charge in [-0.2, -0.15) is 0 Å². The molecule has 0 spiro atoms. The highest BCUT2D eigenvalue weighted by atomic mass is 35.5. The van der Waals surface area contributed by atoms with Crippen molar-refractivity contribution in [3.05, 3.63) is 88.4 Å². The van der Waals surface area contributed by atoms with Crippen LogP contribution in [0.15, 0.2) is 76.5 Å². The molecule has 0 aromatic heterocycles. The van der Waals surface area contributed by atoms with Gasteiger partial charge in [0.1, 0.15) is 0 Å². The van der Waals surface area contributed by atoms with Crippen LogP contribution in [0.1, 0.15) is 26.3 Å². The number of nitrogens with one attached hydrogen (secondary N) is 1. The molecule has 2 amide bonds. The Labute approximate surface area is 205 Å². The number of ether oxygens (including phenoxy) is 2. The molecule has 0 bridgehead atoms. The molecule has 7 nitrogen and oxygen atoms in total. The molecule has 1 N–H and O–H groups in total. The van der Waals surface area contributed by atoms with Crippen molar-refractivity contribution in [1.29, 1.82) is 0 Å². The van der Waals surface area contributed by atoms with Crippen LogP contribution in [0.4, 0.5) is 5.69 Å². The lowest BCUT2D eigenvalue weighted by atomic mass is 10.1. The zero-order valence-electron chi connectivity index (χ0n) is 18.6. The first kappa shape index (κ1) is 24.1. The van der Waals surface area contributed by atoms with Gasteiger partial charge in [-0.3, -0.25) is 9.59 Å². The van der Waals surface area contributed by atoms with E-state index in [0.717, 1.165) is 5.56 Å². The number of nitrogens with zero attached hydrogens (tertiary/aromatic N) is 1. The zero-order chi connectivity index (χ0) is 24.2. The van der Waals surface area contributed by atoms with Gasteiger partial charge in [0.25, 0.3) is 11.8 Å². The van der Waals surface area contributed by atoms with Gasteiger partial charge in [-0.25, -0.2) is 4.21 Å². The number of methoxy groups -OCH3 is 2. The lowest BCUT2D eigenvalue weighted by Gasteiger charge is -2.24. The van der Waals surface area contributed by atoms with Gasteiger partial charge < -0.3 is 19.7 Å². The minimum atomic E-state index is -1.60. The molecular weight excluding hydrogens is 476 g/mol. The van der Waals surface area contributed by atoms with E-state index in [9.17, 15) is 13.8 Å². The highest BCUT2D eigenvalue weighted by Gasteiger charge is 2.31. The van der Waals surface area contributed by atoms with E-state index in [1.54, 1.807) is 59.5 Å². The predicted molar refractivity (Wildman–Crippen MR) is 130 cm³/mol. The number of amides is 2. The second kappa shape index (κ2) is 10.5. The quantitative estimate of drug-likeness (QED) is 0.497. The molecule has 9 heteroatoms. The summed E-state index contributed by atoms with van der Waals surface area (Å²) in [5, 5.41) is 3.34. The third-order valence-corrected chi connectivity index (χ3v) is 7.24. The number of anilines is 1. The number of carbonyl (C=O) groups is 2. The molecule has 1 aliphatic heterocycles. The van der Waals surface area contributed by atoms with E-state index < -0.39 is 17.1 Å². The van der Waals surface area contributed by atoms with E-state index >= 15 is 0 Å². The van der Waals surface area contributed by atoms with Crippen LogP contribution in [0.25, 0.3) is 0 Å². The van der Waals surface area contributed by atoms with Crippen LogP contribution in [0, 0.1) is 0 Å². The summed E-state index contributed by atoms with van der Waals surface area (Å²) in [5.74, 6) is -0.664. The van der Waals surface area contributed by atoms with Crippen molar-refractivity contribution in [3.8, 4) is 0 Å². The van der Waals surface area contributed by atoms with E-state index in [0.29, 0.717) is 31.6 Å². The lowest BCUT2D eigenvalue weighted by Crippen LogP contribution is -2.34. The minimum absolute atomic E-state index is 0.147. The SMILES string of the molecule is COC(CNC(=O)c1ccc2c(c1)N(Cc1ccc(Cl)cc1)C(=O)c1ccccc1[S@@]2=O)OC. The molecule has 3 aromatic carbocycles. The summed E-state index contributed by atoms with van der Waals surface area (Å²) < 4.78 is 23.7. The van der Waals surface area contributed by atoms with Gasteiger partial charge in [-0.15, -0.1) is 0 Å². The largest absolute Gasteiger partial charge is 0.354 e.